The van der Waals surface area contributed by atoms with Crippen molar-refractivity contribution < 1.29 is 32.3 Å². The van der Waals surface area contributed by atoms with E-state index < -0.39 is 77.8 Å². The van der Waals surface area contributed by atoms with E-state index in [1.165, 1.54) is 0 Å². The van der Waals surface area contributed by atoms with Crippen molar-refractivity contribution in [2.45, 2.75) is 151 Å². The van der Waals surface area contributed by atoms with E-state index >= 15 is 0 Å². The van der Waals surface area contributed by atoms with Crippen LogP contribution in [0.4, 0.5) is 0 Å². The minimum absolute atomic E-state index is 0.168. The van der Waals surface area contributed by atoms with E-state index in [2.05, 4.69) is 232 Å². The van der Waals surface area contributed by atoms with Gasteiger partial charge >= 0.3 is 5.97 Å². The molecule has 1 unspecified atom stereocenters. The molecule has 1 aliphatic heterocycles. The topological polar surface area (TPSA) is 72.5 Å². The summed E-state index contributed by atoms with van der Waals surface area (Å²) in [5.41, 5.74) is 0.428. The first kappa shape index (κ1) is 53.7. The highest BCUT2D eigenvalue weighted by atomic mass is 127. The Morgan fingerprint density at radius 3 is 1.34 bits per heavy atom. The zero-order valence-corrected chi connectivity index (χ0v) is 47.5. The van der Waals surface area contributed by atoms with Crippen LogP contribution >= 0.6 is 22.6 Å². The summed E-state index contributed by atoms with van der Waals surface area (Å²) in [6.07, 6.45) is 1.20. The van der Waals surface area contributed by atoms with Crippen LogP contribution < -0.4 is 20.7 Å². The number of carbonyl (C=O) groups is 1. The highest BCUT2D eigenvalue weighted by Gasteiger charge is 2.60. The van der Waals surface area contributed by atoms with Crippen LogP contribution in [0.3, 0.4) is 0 Å². The van der Waals surface area contributed by atoms with Gasteiger partial charge in [0, 0.05) is 0 Å². The second-order valence-corrected chi connectivity index (χ2v) is 36.4. The van der Waals surface area contributed by atoms with Crippen LogP contribution in [0.15, 0.2) is 152 Å². The van der Waals surface area contributed by atoms with E-state index in [9.17, 15) is 4.79 Å². The zero-order valence-electron chi connectivity index (χ0n) is 42.4. The third-order valence-electron chi connectivity index (χ3n) is 13.9. The SMILES string of the molecule is C#CC(O[Si](C)(C)C(C)(C)C)[C@H](O[C@H]1O[C@H](C)[C@@H](O[Si](c2ccccc2)(c2ccccc2)C(C)(C)C)[C@H](O[Si](c2ccccc2)(c2ccccc2)C(C)(C)C)[C@H]1I)[C@@H](C)OC(=O)c1ccccc1. The van der Waals surface area contributed by atoms with Crippen molar-refractivity contribution in [3.8, 4) is 12.3 Å². The molecule has 1 saturated heterocycles. The first-order chi connectivity index (χ1) is 32.0. The Bertz CT molecular complexity index is 2340. The standard InChI is InChI=1S/C57H73IO7Si3/c1-15-48(63-66(13,14)55(4,5)6)50(41(2)60-53(59)43-31-21-16-22-32-43)62-54-49(58)52(65-68(57(10,11)12,46-37-27-19-28-38-46)47-39-29-20-30-40-47)51(42(3)61-54)64-67(56(7,8)9,44-33-23-17-24-34-44)45-35-25-18-26-36-45/h1,16-42,48-52,54H,2-14H3/t41-,42-,48?,49-,50-,51-,52-,54-/m1/s1. The van der Waals surface area contributed by atoms with Gasteiger partial charge < -0.3 is 27.5 Å². The van der Waals surface area contributed by atoms with E-state index in [4.69, 9.17) is 33.9 Å². The molecule has 11 heteroatoms. The van der Waals surface area contributed by atoms with Gasteiger partial charge in [-0.25, -0.2) is 4.79 Å². The Labute approximate surface area is 424 Å². The maximum absolute atomic E-state index is 13.8. The van der Waals surface area contributed by atoms with E-state index in [0.717, 1.165) is 20.7 Å². The molecule has 1 heterocycles. The minimum Gasteiger partial charge on any atom is -0.456 e. The quantitative estimate of drug-likeness (QED) is 0.0320. The Hall–Kier alpha value is -3.69. The van der Waals surface area contributed by atoms with Crippen LogP contribution in [0.1, 0.15) is 86.5 Å². The van der Waals surface area contributed by atoms with Crippen molar-refractivity contribution in [3.63, 3.8) is 0 Å². The summed E-state index contributed by atoms with van der Waals surface area (Å²) in [7, 11) is -8.97. The summed E-state index contributed by atoms with van der Waals surface area (Å²) in [6, 6.07) is 51.8. The average Bonchev–Trinajstić information content (AvgIpc) is 3.30. The zero-order chi connectivity index (χ0) is 49.7. The molecule has 0 N–H and O–H groups in total. The van der Waals surface area contributed by atoms with Crippen molar-refractivity contribution in [2.75, 3.05) is 0 Å². The molecule has 5 aromatic rings. The van der Waals surface area contributed by atoms with Crippen molar-refractivity contribution >= 4 is 74.3 Å². The van der Waals surface area contributed by atoms with Crippen LogP contribution in [-0.4, -0.2) is 77.8 Å². The molecule has 362 valence electrons. The number of carbonyl (C=O) groups excluding carboxylic acids is 1. The summed E-state index contributed by atoms with van der Waals surface area (Å²) in [5.74, 6) is 2.46. The third kappa shape index (κ3) is 11.2. The lowest BCUT2D eigenvalue weighted by Gasteiger charge is -2.54. The molecule has 0 aromatic heterocycles. The number of alkyl halides is 1. The summed E-state index contributed by atoms with van der Waals surface area (Å²) < 4.78 is 43.7. The number of benzene rings is 5. The third-order valence-corrected chi connectivity index (χ3v) is 29.7. The monoisotopic (exact) mass is 1080 g/mol. The number of terminal acetylenes is 1. The van der Waals surface area contributed by atoms with E-state index in [1.54, 1.807) is 12.1 Å². The van der Waals surface area contributed by atoms with Gasteiger partial charge in [0.1, 0.15) is 18.3 Å². The molecule has 5 aromatic carbocycles. The normalized spacial score (nSPS) is 21.0. The lowest BCUT2D eigenvalue weighted by Crippen LogP contribution is -2.74. The maximum atomic E-state index is 13.8. The van der Waals surface area contributed by atoms with Gasteiger partial charge in [-0.1, -0.05) is 230 Å². The first-order valence-corrected chi connectivity index (χ1v) is 31.9. The van der Waals surface area contributed by atoms with E-state index in [0.29, 0.717) is 5.56 Å². The fourth-order valence-corrected chi connectivity index (χ4v) is 21.1. The van der Waals surface area contributed by atoms with Crippen LogP contribution in [-0.2, 0) is 27.5 Å². The summed E-state index contributed by atoms with van der Waals surface area (Å²) in [4.78, 5) is 13.8. The molecule has 1 aliphatic rings. The second-order valence-electron chi connectivity index (χ2n) is 21.7. The predicted molar refractivity (Wildman–Crippen MR) is 294 cm³/mol. The molecule has 8 atom stereocenters. The molecular weight excluding hydrogens is 1010 g/mol. The van der Waals surface area contributed by atoms with Gasteiger partial charge in [-0.15, -0.1) is 6.42 Å². The maximum Gasteiger partial charge on any atom is 0.338 e. The number of rotatable bonds is 16. The highest BCUT2D eigenvalue weighted by molar-refractivity contribution is 14.1. The van der Waals surface area contributed by atoms with Gasteiger partial charge in [-0.2, -0.15) is 0 Å². The number of halogens is 1. The Morgan fingerprint density at radius 1 is 0.618 bits per heavy atom. The van der Waals surface area contributed by atoms with Crippen molar-refractivity contribution in [1.29, 1.82) is 0 Å². The first-order valence-electron chi connectivity index (χ1n) is 23.9. The summed E-state index contributed by atoms with van der Waals surface area (Å²) in [5, 5.41) is 3.75. The van der Waals surface area contributed by atoms with Crippen molar-refractivity contribution in [2.24, 2.45) is 0 Å². The average molecular weight is 1080 g/mol. The molecule has 0 spiro atoms. The van der Waals surface area contributed by atoms with Gasteiger partial charge in [0.05, 0.1) is 27.8 Å². The molecule has 0 aliphatic carbocycles. The van der Waals surface area contributed by atoms with Crippen molar-refractivity contribution in [3.05, 3.63) is 157 Å². The van der Waals surface area contributed by atoms with E-state index in [-0.39, 0.29) is 15.1 Å². The van der Waals surface area contributed by atoms with Gasteiger partial charge in [-0.3, -0.25) is 0 Å². The number of esters is 1. The molecule has 0 saturated carbocycles. The van der Waals surface area contributed by atoms with Crippen LogP contribution in [0.2, 0.25) is 28.2 Å². The van der Waals surface area contributed by atoms with Gasteiger partial charge in [0.2, 0.25) is 0 Å². The fraction of sp³-hybridized carbons (Fsp3) is 0.421. The molecular formula is C57H73IO7Si3. The Balaban J connectivity index is 1.55. The molecule has 0 bridgehead atoms. The van der Waals surface area contributed by atoms with Gasteiger partial charge in [0.25, 0.3) is 16.6 Å². The summed E-state index contributed by atoms with van der Waals surface area (Å²) >= 11 is 2.47. The van der Waals surface area contributed by atoms with Crippen LogP contribution in [0.25, 0.3) is 0 Å². The smallest absolute Gasteiger partial charge is 0.338 e. The van der Waals surface area contributed by atoms with E-state index in [1.807, 2.05) is 25.1 Å². The molecule has 0 amide bonds. The number of hydrogen-bond donors (Lipinski definition) is 0. The molecule has 7 nitrogen and oxygen atoms in total. The fourth-order valence-electron chi connectivity index (χ4n) is 9.31. The summed E-state index contributed by atoms with van der Waals surface area (Å²) in [6.45, 7) is 28.5. The molecule has 6 rings (SSSR count). The lowest BCUT2D eigenvalue weighted by atomic mass is 10.0. The molecule has 68 heavy (non-hydrogen) atoms. The lowest BCUT2D eigenvalue weighted by molar-refractivity contribution is -0.262. The van der Waals surface area contributed by atoms with Gasteiger partial charge in [-0.05, 0) is 74.9 Å². The number of hydrogen-bond acceptors (Lipinski definition) is 7. The highest BCUT2D eigenvalue weighted by Crippen LogP contribution is 2.45. The largest absolute Gasteiger partial charge is 0.456 e. The second kappa shape index (κ2) is 21.7. The molecule has 1 fully saturated rings. The van der Waals surface area contributed by atoms with Crippen LogP contribution in [0, 0.1) is 12.3 Å². The Morgan fingerprint density at radius 2 is 0.985 bits per heavy atom. The minimum atomic E-state index is -3.26. The van der Waals surface area contributed by atoms with Crippen molar-refractivity contribution in [1.82, 2.24) is 0 Å². The number of ether oxygens (including phenoxy) is 3. The van der Waals surface area contributed by atoms with Gasteiger partial charge in [0.15, 0.2) is 14.6 Å². The van der Waals surface area contributed by atoms with Crippen LogP contribution in [0.5, 0.6) is 0 Å². The Kier molecular flexibility index (Phi) is 17.2. The predicted octanol–water partition coefficient (Wildman–Crippen LogP) is 11.1. The molecule has 0 radical (unpaired) electrons.